The number of amides is 1. The highest BCUT2D eigenvalue weighted by Crippen LogP contribution is 2.42. The van der Waals surface area contributed by atoms with Crippen LogP contribution < -0.4 is 10.2 Å². The zero-order valence-electron chi connectivity index (χ0n) is 16.3. The van der Waals surface area contributed by atoms with E-state index in [0.29, 0.717) is 6.04 Å². The van der Waals surface area contributed by atoms with Gasteiger partial charge in [0.25, 0.3) is 0 Å². The van der Waals surface area contributed by atoms with E-state index in [1.165, 1.54) is 28.7 Å². The second-order valence-corrected chi connectivity index (χ2v) is 10.3. The molecule has 1 aliphatic heterocycles. The molecule has 2 aliphatic carbocycles. The number of nitrogens with zero attached hydrogens (tertiary/aromatic N) is 3. The van der Waals surface area contributed by atoms with Crippen molar-refractivity contribution in [2.75, 3.05) is 11.4 Å². The summed E-state index contributed by atoms with van der Waals surface area (Å²) in [7, 11) is 0. The molecule has 29 heavy (non-hydrogen) atoms. The van der Waals surface area contributed by atoms with Gasteiger partial charge in [0.05, 0.1) is 5.39 Å². The first-order valence-corrected chi connectivity index (χ1v) is 12.5. The molecule has 7 heteroatoms. The summed E-state index contributed by atoms with van der Waals surface area (Å²) >= 11 is 3.51. The van der Waals surface area contributed by atoms with Crippen molar-refractivity contribution in [3.63, 3.8) is 0 Å². The van der Waals surface area contributed by atoms with E-state index in [9.17, 15) is 4.79 Å². The highest BCUT2D eigenvalue weighted by molar-refractivity contribution is 7.19. The van der Waals surface area contributed by atoms with Gasteiger partial charge in [-0.2, -0.15) is 11.3 Å². The fraction of sp³-hybridized carbons (Fsp3) is 0.500. The molecular weight excluding hydrogens is 400 g/mol. The van der Waals surface area contributed by atoms with Gasteiger partial charge in [0.1, 0.15) is 16.7 Å². The van der Waals surface area contributed by atoms with E-state index in [4.69, 9.17) is 9.97 Å². The van der Waals surface area contributed by atoms with Gasteiger partial charge in [0, 0.05) is 28.4 Å². The van der Waals surface area contributed by atoms with E-state index in [1.54, 1.807) is 11.3 Å². The average Bonchev–Trinajstić information content (AvgIpc) is 3.19. The van der Waals surface area contributed by atoms with Crippen molar-refractivity contribution in [2.45, 2.75) is 63.5 Å². The predicted molar refractivity (Wildman–Crippen MR) is 119 cm³/mol. The summed E-state index contributed by atoms with van der Waals surface area (Å²) in [5, 5.41) is 8.62. The molecule has 0 bridgehead atoms. The van der Waals surface area contributed by atoms with Crippen molar-refractivity contribution in [1.82, 2.24) is 15.3 Å². The zero-order valence-corrected chi connectivity index (χ0v) is 18.0. The quantitative estimate of drug-likeness (QED) is 0.668. The molecule has 5 nitrogen and oxygen atoms in total. The molecule has 1 N–H and O–H groups in total. The lowest BCUT2D eigenvalue weighted by molar-refractivity contribution is -0.122. The summed E-state index contributed by atoms with van der Waals surface area (Å²) in [5.41, 5.74) is 2.51. The summed E-state index contributed by atoms with van der Waals surface area (Å²) < 4.78 is 0. The van der Waals surface area contributed by atoms with Gasteiger partial charge < -0.3 is 10.2 Å². The minimum Gasteiger partial charge on any atom is -0.352 e. The summed E-state index contributed by atoms with van der Waals surface area (Å²) in [6, 6.07) is 2.37. The molecule has 6 rings (SSSR count). The largest absolute Gasteiger partial charge is 0.352 e. The first-order valence-electron chi connectivity index (χ1n) is 10.7. The number of thiophene rings is 2. The smallest absolute Gasteiger partial charge is 0.242 e. The van der Waals surface area contributed by atoms with Crippen LogP contribution in [0.4, 0.5) is 5.82 Å². The maximum absolute atomic E-state index is 13.0. The van der Waals surface area contributed by atoms with Crippen LogP contribution in [0, 0.1) is 0 Å². The number of anilines is 1. The fourth-order valence-corrected chi connectivity index (χ4v) is 6.57. The Morgan fingerprint density at radius 3 is 2.86 bits per heavy atom. The van der Waals surface area contributed by atoms with E-state index >= 15 is 0 Å². The number of hydrogen-bond acceptors (Lipinski definition) is 6. The number of hydrogen-bond donors (Lipinski definition) is 1. The van der Waals surface area contributed by atoms with Gasteiger partial charge in [0.2, 0.25) is 5.91 Å². The van der Waals surface area contributed by atoms with Crippen LogP contribution in [0.2, 0.25) is 0 Å². The standard InChI is InChI=1S/C22H24N4OS2/c27-21(23-14-7-8-14)16-5-3-10-26(16)20-18-15-4-1-2-6-17(15)29-22(18)25-19(24-20)13-9-11-28-12-13/h9,11-12,14,16H,1-8,10H2,(H,23,27). The van der Waals surface area contributed by atoms with Gasteiger partial charge in [-0.15, -0.1) is 11.3 Å². The Bertz CT molecular complexity index is 1070. The van der Waals surface area contributed by atoms with E-state index in [1.807, 2.05) is 11.3 Å². The van der Waals surface area contributed by atoms with E-state index in [-0.39, 0.29) is 11.9 Å². The third-order valence-corrected chi connectivity index (χ3v) is 8.20. The molecule has 1 amide bonds. The molecule has 0 spiro atoms. The van der Waals surface area contributed by atoms with Crippen LogP contribution in [-0.2, 0) is 17.6 Å². The maximum Gasteiger partial charge on any atom is 0.242 e. The van der Waals surface area contributed by atoms with E-state index in [0.717, 1.165) is 67.1 Å². The Labute approximate surface area is 178 Å². The topological polar surface area (TPSA) is 58.1 Å². The van der Waals surface area contributed by atoms with Crippen molar-refractivity contribution in [3.05, 3.63) is 27.3 Å². The normalized spacial score (nSPS) is 21.5. The first-order chi connectivity index (χ1) is 14.3. The fourth-order valence-electron chi connectivity index (χ4n) is 4.68. The summed E-state index contributed by atoms with van der Waals surface area (Å²) in [6.07, 6.45) is 8.93. The van der Waals surface area contributed by atoms with Gasteiger partial charge in [-0.05, 0) is 68.4 Å². The number of aryl methyl sites for hydroxylation is 2. The van der Waals surface area contributed by atoms with E-state index < -0.39 is 0 Å². The molecule has 0 radical (unpaired) electrons. The number of rotatable bonds is 4. The Kier molecular flexibility index (Phi) is 4.34. The third kappa shape index (κ3) is 3.15. The van der Waals surface area contributed by atoms with Crippen molar-refractivity contribution >= 4 is 44.6 Å². The summed E-state index contributed by atoms with van der Waals surface area (Å²) in [5.74, 6) is 1.96. The predicted octanol–water partition coefficient (Wildman–Crippen LogP) is 4.55. The highest BCUT2D eigenvalue weighted by Gasteiger charge is 2.36. The van der Waals surface area contributed by atoms with Crippen LogP contribution in [0.5, 0.6) is 0 Å². The monoisotopic (exact) mass is 424 g/mol. The van der Waals surface area contributed by atoms with Crippen LogP contribution in [0.1, 0.15) is 49.0 Å². The molecule has 4 heterocycles. The molecule has 1 unspecified atom stereocenters. The van der Waals surface area contributed by atoms with Crippen LogP contribution >= 0.6 is 22.7 Å². The lowest BCUT2D eigenvalue weighted by atomic mass is 9.96. The van der Waals surface area contributed by atoms with Crippen molar-refractivity contribution in [1.29, 1.82) is 0 Å². The number of carbonyl (C=O) groups is 1. The molecule has 3 aliphatic rings. The van der Waals surface area contributed by atoms with Gasteiger partial charge in [0.15, 0.2) is 5.82 Å². The van der Waals surface area contributed by atoms with Gasteiger partial charge >= 0.3 is 0 Å². The molecule has 1 saturated carbocycles. The number of fused-ring (bicyclic) bond motifs is 3. The number of aromatic nitrogens is 2. The van der Waals surface area contributed by atoms with Crippen molar-refractivity contribution < 1.29 is 4.79 Å². The van der Waals surface area contributed by atoms with Crippen molar-refractivity contribution in [2.24, 2.45) is 0 Å². The summed E-state index contributed by atoms with van der Waals surface area (Å²) in [6.45, 7) is 0.891. The molecule has 2 fully saturated rings. The molecule has 1 saturated heterocycles. The SMILES string of the molecule is O=C(NC1CC1)C1CCCN1c1nc(-c2ccsc2)nc2sc3c(c12)CCCC3. The first kappa shape index (κ1) is 17.8. The third-order valence-electron chi connectivity index (χ3n) is 6.33. The van der Waals surface area contributed by atoms with Crippen molar-refractivity contribution in [3.8, 4) is 11.4 Å². The van der Waals surface area contributed by atoms with Crippen LogP contribution in [0.25, 0.3) is 21.6 Å². The van der Waals surface area contributed by atoms with Gasteiger partial charge in [-0.25, -0.2) is 9.97 Å². The molecule has 3 aromatic heterocycles. The Morgan fingerprint density at radius 1 is 1.14 bits per heavy atom. The minimum absolute atomic E-state index is 0.108. The zero-order chi connectivity index (χ0) is 19.4. The maximum atomic E-state index is 13.0. The van der Waals surface area contributed by atoms with Gasteiger partial charge in [-0.3, -0.25) is 4.79 Å². The van der Waals surface area contributed by atoms with E-state index in [2.05, 4.69) is 27.0 Å². The molecule has 150 valence electrons. The summed E-state index contributed by atoms with van der Waals surface area (Å²) in [4.78, 5) is 27.9. The lowest BCUT2D eigenvalue weighted by Crippen LogP contribution is -2.44. The number of carbonyl (C=O) groups excluding carboxylic acids is 1. The second kappa shape index (κ2) is 7.06. The molecule has 3 aromatic rings. The number of nitrogens with one attached hydrogen (secondary N) is 1. The van der Waals surface area contributed by atoms with Crippen LogP contribution in [0.3, 0.4) is 0 Å². The Balaban J connectivity index is 1.49. The Hall–Kier alpha value is -1.99. The molecule has 1 atom stereocenters. The average molecular weight is 425 g/mol. The molecule has 0 aromatic carbocycles. The second-order valence-electron chi connectivity index (χ2n) is 8.41. The van der Waals surface area contributed by atoms with Crippen LogP contribution in [0.15, 0.2) is 16.8 Å². The minimum atomic E-state index is -0.108. The Morgan fingerprint density at radius 2 is 2.03 bits per heavy atom. The van der Waals surface area contributed by atoms with Gasteiger partial charge in [-0.1, -0.05) is 0 Å². The van der Waals surface area contributed by atoms with Crippen LogP contribution in [-0.4, -0.2) is 34.5 Å². The lowest BCUT2D eigenvalue weighted by Gasteiger charge is -2.26. The highest BCUT2D eigenvalue weighted by atomic mass is 32.1. The molecular formula is C22H24N4OS2.